The van der Waals surface area contributed by atoms with Crippen LogP contribution in [0.4, 0.5) is 24.5 Å². The Morgan fingerprint density at radius 2 is 1.76 bits per heavy atom. The Balaban J connectivity index is 1.60. The number of carbonyl (C=O) groups excluding carboxylic acids is 2. The van der Waals surface area contributed by atoms with Gasteiger partial charge in [0.05, 0.1) is 17.7 Å². The number of halogens is 3. The van der Waals surface area contributed by atoms with Gasteiger partial charge in [-0.3, -0.25) is 9.59 Å². The molecule has 0 aliphatic rings. The van der Waals surface area contributed by atoms with Crippen LogP contribution in [0, 0.1) is 0 Å². The molecular formula is C23H24F3N5O2S. The molecule has 0 aliphatic carbocycles. The largest absolute Gasteiger partial charge is 0.416 e. The smallest absolute Gasteiger partial charge is 0.325 e. The minimum Gasteiger partial charge on any atom is -0.325 e. The first-order chi connectivity index (χ1) is 16.2. The molecule has 7 nitrogen and oxygen atoms in total. The number of anilines is 2. The third-order valence-electron chi connectivity index (χ3n) is 4.91. The maximum atomic E-state index is 12.8. The summed E-state index contributed by atoms with van der Waals surface area (Å²) in [6, 6.07) is 12.0. The van der Waals surface area contributed by atoms with Gasteiger partial charge in [-0.15, -0.1) is 10.2 Å². The molecule has 2 N–H and O–H groups in total. The number of alkyl halides is 3. The molecule has 1 heterocycles. The standard InChI is InChI=1S/C23H24F3N5O2S/c1-3-15-8-5-6-11-18(15)28-20(32)13-19-29-30-22(31(19)4-2)34-14-21(33)27-17-10-7-9-16(12-17)23(24,25)26/h5-12H,3-4,13-14H2,1-2H3,(H,27,33)(H,28,32). The lowest BCUT2D eigenvalue weighted by Gasteiger charge is -2.11. The number of para-hydroxylation sites is 1. The van der Waals surface area contributed by atoms with Gasteiger partial charge in [0.25, 0.3) is 0 Å². The first-order valence-corrected chi connectivity index (χ1v) is 11.6. The zero-order chi connectivity index (χ0) is 24.7. The minimum atomic E-state index is -4.49. The molecule has 0 saturated carbocycles. The van der Waals surface area contributed by atoms with Crippen molar-refractivity contribution in [2.75, 3.05) is 16.4 Å². The Bertz CT molecular complexity index is 1160. The third-order valence-corrected chi connectivity index (χ3v) is 5.87. The van der Waals surface area contributed by atoms with Crippen molar-refractivity contribution in [3.63, 3.8) is 0 Å². The van der Waals surface area contributed by atoms with Crippen LogP contribution < -0.4 is 10.6 Å². The summed E-state index contributed by atoms with van der Waals surface area (Å²) in [4.78, 5) is 24.8. The molecule has 0 unspecified atom stereocenters. The van der Waals surface area contributed by atoms with E-state index in [-0.39, 0.29) is 23.8 Å². The van der Waals surface area contributed by atoms with Crippen molar-refractivity contribution in [3.05, 3.63) is 65.5 Å². The van der Waals surface area contributed by atoms with E-state index in [0.29, 0.717) is 17.5 Å². The highest BCUT2D eigenvalue weighted by molar-refractivity contribution is 7.99. The summed E-state index contributed by atoms with van der Waals surface area (Å²) in [6.45, 7) is 4.36. The maximum Gasteiger partial charge on any atom is 0.416 e. The number of nitrogens with one attached hydrogen (secondary N) is 2. The molecule has 0 spiro atoms. The van der Waals surface area contributed by atoms with Crippen molar-refractivity contribution in [3.8, 4) is 0 Å². The lowest BCUT2D eigenvalue weighted by atomic mass is 10.1. The first kappa shape index (κ1) is 25.3. The third kappa shape index (κ3) is 6.60. The number of hydrogen-bond donors (Lipinski definition) is 2. The molecule has 0 fully saturated rings. The number of hydrogen-bond acceptors (Lipinski definition) is 5. The fourth-order valence-corrected chi connectivity index (χ4v) is 4.08. The topological polar surface area (TPSA) is 88.9 Å². The lowest BCUT2D eigenvalue weighted by Crippen LogP contribution is -2.19. The average Bonchev–Trinajstić information content (AvgIpc) is 3.18. The van der Waals surface area contributed by atoms with E-state index in [1.807, 2.05) is 38.1 Å². The van der Waals surface area contributed by atoms with Gasteiger partial charge in [0.2, 0.25) is 11.8 Å². The summed E-state index contributed by atoms with van der Waals surface area (Å²) >= 11 is 1.09. The Morgan fingerprint density at radius 3 is 2.47 bits per heavy atom. The summed E-state index contributed by atoms with van der Waals surface area (Å²) in [7, 11) is 0. The van der Waals surface area contributed by atoms with E-state index in [1.165, 1.54) is 12.1 Å². The van der Waals surface area contributed by atoms with Gasteiger partial charge in [0, 0.05) is 17.9 Å². The summed E-state index contributed by atoms with van der Waals surface area (Å²) in [5.41, 5.74) is 0.990. The quantitative estimate of drug-likeness (QED) is 0.420. The van der Waals surface area contributed by atoms with Crippen molar-refractivity contribution in [2.24, 2.45) is 0 Å². The molecule has 0 atom stereocenters. The highest BCUT2D eigenvalue weighted by Crippen LogP contribution is 2.30. The van der Waals surface area contributed by atoms with Gasteiger partial charge in [-0.05, 0) is 43.2 Å². The number of aryl methyl sites for hydroxylation is 1. The van der Waals surface area contributed by atoms with Crippen LogP contribution in [-0.4, -0.2) is 32.3 Å². The first-order valence-electron chi connectivity index (χ1n) is 10.6. The van der Waals surface area contributed by atoms with Crippen LogP contribution in [0.2, 0.25) is 0 Å². The normalized spacial score (nSPS) is 11.3. The zero-order valence-corrected chi connectivity index (χ0v) is 19.5. The van der Waals surface area contributed by atoms with Crippen LogP contribution in [0.5, 0.6) is 0 Å². The van der Waals surface area contributed by atoms with Crippen molar-refractivity contribution >= 4 is 35.0 Å². The molecule has 2 amide bonds. The molecule has 3 rings (SSSR count). The van der Waals surface area contributed by atoms with E-state index >= 15 is 0 Å². The Labute approximate surface area is 199 Å². The lowest BCUT2D eigenvalue weighted by molar-refractivity contribution is -0.137. The number of thioether (sulfide) groups is 1. The summed E-state index contributed by atoms with van der Waals surface area (Å²) in [5, 5.41) is 14.0. The number of carbonyl (C=O) groups is 2. The van der Waals surface area contributed by atoms with Crippen molar-refractivity contribution in [2.45, 2.75) is 44.6 Å². The molecule has 180 valence electrons. The van der Waals surface area contributed by atoms with Gasteiger partial charge in [-0.2, -0.15) is 13.2 Å². The highest BCUT2D eigenvalue weighted by atomic mass is 32.2. The number of nitrogens with zero attached hydrogens (tertiary/aromatic N) is 3. The van der Waals surface area contributed by atoms with Crippen molar-refractivity contribution in [1.29, 1.82) is 0 Å². The van der Waals surface area contributed by atoms with Gasteiger partial charge in [0.1, 0.15) is 5.82 Å². The van der Waals surface area contributed by atoms with Crippen LogP contribution in [0.3, 0.4) is 0 Å². The van der Waals surface area contributed by atoms with E-state index < -0.39 is 17.6 Å². The van der Waals surface area contributed by atoms with Gasteiger partial charge >= 0.3 is 6.18 Å². The molecule has 3 aromatic rings. The summed E-state index contributed by atoms with van der Waals surface area (Å²) in [6.07, 6.45) is -3.70. The van der Waals surface area contributed by atoms with Crippen LogP contribution in [0.1, 0.15) is 30.8 Å². The van der Waals surface area contributed by atoms with Crippen LogP contribution in [0.25, 0.3) is 0 Å². The predicted molar refractivity (Wildman–Crippen MR) is 125 cm³/mol. The highest BCUT2D eigenvalue weighted by Gasteiger charge is 2.30. The Hall–Kier alpha value is -3.34. The SMILES string of the molecule is CCc1ccccc1NC(=O)Cc1nnc(SCC(=O)Nc2cccc(C(F)(F)F)c2)n1CC. The second kappa shape index (κ2) is 11.2. The van der Waals surface area contributed by atoms with Crippen molar-refractivity contribution in [1.82, 2.24) is 14.8 Å². The van der Waals surface area contributed by atoms with Crippen LogP contribution in [-0.2, 0) is 35.2 Å². The molecule has 2 aromatic carbocycles. The molecule has 11 heteroatoms. The van der Waals surface area contributed by atoms with Crippen LogP contribution in [0.15, 0.2) is 53.7 Å². The monoisotopic (exact) mass is 491 g/mol. The second-order valence-electron chi connectivity index (χ2n) is 7.29. The fourth-order valence-electron chi connectivity index (χ4n) is 3.26. The molecule has 0 saturated heterocycles. The van der Waals surface area contributed by atoms with Gasteiger partial charge in [-0.25, -0.2) is 0 Å². The van der Waals surface area contributed by atoms with Gasteiger partial charge in [-0.1, -0.05) is 43.0 Å². The number of rotatable bonds is 9. The number of aromatic nitrogens is 3. The van der Waals surface area contributed by atoms with Crippen molar-refractivity contribution < 1.29 is 22.8 Å². The minimum absolute atomic E-state index is 0.00980. The maximum absolute atomic E-state index is 12.8. The van der Waals surface area contributed by atoms with E-state index in [1.54, 1.807) is 4.57 Å². The molecule has 0 bridgehead atoms. The molecule has 0 radical (unpaired) electrons. The fraction of sp³-hybridized carbons (Fsp3) is 0.304. The van der Waals surface area contributed by atoms with Gasteiger partial charge in [0.15, 0.2) is 5.16 Å². The summed E-state index contributed by atoms with van der Waals surface area (Å²) < 4.78 is 40.3. The molecule has 0 aliphatic heterocycles. The van der Waals surface area contributed by atoms with E-state index in [0.717, 1.165) is 41.6 Å². The Morgan fingerprint density at radius 1 is 1.00 bits per heavy atom. The van der Waals surface area contributed by atoms with E-state index in [2.05, 4.69) is 20.8 Å². The molecule has 1 aromatic heterocycles. The van der Waals surface area contributed by atoms with E-state index in [4.69, 9.17) is 0 Å². The van der Waals surface area contributed by atoms with Crippen LogP contribution >= 0.6 is 11.8 Å². The second-order valence-corrected chi connectivity index (χ2v) is 8.24. The Kier molecular flexibility index (Phi) is 8.32. The number of benzene rings is 2. The predicted octanol–water partition coefficient (Wildman–Crippen LogP) is 4.79. The summed E-state index contributed by atoms with van der Waals surface area (Å²) in [5.74, 6) is -0.341. The molecular weight excluding hydrogens is 467 g/mol. The average molecular weight is 492 g/mol. The van der Waals surface area contributed by atoms with Gasteiger partial charge < -0.3 is 15.2 Å². The number of amides is 2. The van der Waals surface area contributed by atoms with E-state index in [9.17, 15) is 22.8 Å². The zero-order valence-electron chi connectivity index (χ0n) is 18.6. The molecule has 34 heavy (non-hydrogen) atoms.